The van der Waals surface area contributed by atoms with Crippen LogP contribution in [-0.2, 0) is 29.9 Å². The molecule has 0 spiro atoms. The molecule has 8 heteroatoms. The molecule has 0 amide bonds. The van der Waals surface area contributed by atoms with Gasteiger partial charge in [0.05, 0.1) is 13.2 Å². The lowest BCUT2D eigenvalue weighted by atomic mass is 9.86. The van der Waals surface area contributed by atoms with E-state index in [0.717, 1.165) is 11.1 Å². The number of hydrogen-bond donors (Lipinski definition) is 2. The summed E-state index contributed by atoms with van der Waals surface area (Å²) < 4.78 is 21.3. The quantitative estimate of drug-likeness (QED) is 0.326. The Labute approximate surface area is 213 Å². The molecule has 0 saturated heterocycles. The van der Waals surface area contributed by atoms with Crippen molar-refractivity contribution in [3.8, 4) is 23.0 Å². The number of hydrogen-bond acceptors (Lipinski definition) is 8. The van der Waals surface area contributed by atoms with E-state index < -0.39 is 11.9 Å². The van der Waals surface area contributed by atoms with Gasteiger partial charge in [0, 0.05) is 11.1 Å². The largest absolute Gasteiger partial charge is 0.508 e. The van der Waals surface area contributed by atoms with Gasteiger partial charge in [-0.1, -0.05) is 41.5 Å². The summed E-state index contributed by atoms with van der Waals surface area (Å²) in [6.07, 6.45) is 1.06. The van der Waals surface area contributed by atoms with Crippen LogP contribution in [-0.4, -0.2) is 48.6 Å². The predicted molar refractivity (Wildman–Crippen MR) is 136 cm³/mol. The number of phenols is 2. The third kappa shape index (κ3) is 9.32. The van der Waals surface area contributed by atoms with Crippen molar-refractivity contribution in [3.63, 3.8) is 0 Å². The summed E-state index contributed by atoms with van der Waals surface area (Å²) in [5, 5.41) is 20.0. The van der Waals surface area contributed by atoms with Crippen molar-refractivity contribution in [1.82, 2.24) is 0 Å². The van der Waals surface area contributed by atoms with Gasteiger partial charge in [-0.05, 0) is 60.1 Å². The molecule has 2 N–H and O–H groups in total. The van der Waals surface area contributed by atoms with E-state index in [1.54, 1.807) is 36.4 Å². The molecule has 0 aromatic heterocycles. The van der Waals surface area contributed by atoms with Crippen molar-refractivity contribution >= 4 is 11.9 Å². The Balaban J connectivity index is 1.61. The zero-order valence-corrected chi connectivity index (χ0v) is 22.1. The molecule has 2 aromatic carbocycles. The van der Waals surface area contributed by atoms with Crippen LogP contribution in [0.3, 0.4) is 0 Å². The molecule has 2 rings (SSSR count). The maximum Gasteiger partial charge on any atom is 0.344 e. The Kier molecular flexibility index (Phi) is 10.0. The van der Waals surface area contributed by atoms with E-state index >= 15 is 0 Å². The summed E-state index contributed by atoms with van der Waals surface area (Å²) in [5.41, 5.74) is 0.930. The van der Waals surface area contributed by atoms with Gasteiger partial charge in [0.15, 0.2) is 13.2 Å². The van der Waals surface area contributed by atoms with Crippen LogP contribution in [0.5, 0.6) is 23.0 Å². The SMILES string of the molecule is CC(C)(C)c1cc(OCC(=O)OCCCCOC(=O)COc2ccc(O)c(C(C)(C)C)c2)ccc1O. The molecule has 198 valence electrons. The molecule has 8 nitrogen and oxygen atoms in total. The standard InChI is InChI=1S/C28H38O8/c1-27(2,3)21-15-19(9-11-23(21)29)35-17-25(31)33-13-7-8-14-34-26(32)18-36-20-10-12-24(30)22(16-20)28(4,5)6/h9-12,15-16,29-30H,7-8,13-14,17-18H2,1-6H3. The van der Waals surface area contributed by atoms with Crippen LogP contribution in [0.1, 0.15) is 65.5 Å². The van der Waals surface area contributed by atoms with E-state index in [0.29, 0.717) is 24.3 Å². The third-order valence-electron chi connectivity index (χ3n) is 5.33. The summed E-state index contributed by atoms with van der Waals surface area (Å²) in [7, 11) is 0. The third-order valence-corrected chi connectivity index (χ3v) is 5.33. The van der Waals surface area contributed by atoms with E-state index in [1.165, 1.54) is 0 Å². The number of unbranched alkanes of at least 4 members (excludes halogenated alkanes) is 1. The lowest BCUT2D eigenvalue weighted by Crippen LogP contribution is -2.18. The number of rotatable bonds is 11. The minimum atomic E-state index is -0.505. The molecule has 0 atom stereocenters. The molecule has 0 radical (unpaired) electrons. The monoisotopic (exact) mass is 502 g/mol. The Morgan fingerprint density at radius 1 is 0.667 bits per heavy atom. The highest BCUT2D eigenvalue weighted by Gasteiger charge is 2.20. The van der Waals surface area contributed by atoms with Crippen LogP contribution in [0.2, 0.25) is 0 Å². The number of esters is 2. The molecule has 0 aliphatic carbocycles. The number of ether oxygens (including phenoxy) is 4. The van der Waals surface area contributed by atoms with Crippen molar-refractivity contribution in [2.45, 2.75) is 65.2 Å². The van der Waals surface area contributed by atoms with Gasteiger partial charge in [-0.2, -0.15) is 0 Å². The van der Waals surface area contributed by atoms with Crippen LogP contribution in [0.15, 0.2) is 36.4 Å². The fraction of sp³-hybridized carbons (Fsp3) is 0.500. The Bertz CT molecular complexity index is 947. The highest BCUT2D eigenvalue weighted by Crippen LogP contribution is 2.34. The molecule has 0 aliphatic rings. The Morgan fingerprint density at radius 2 is 1.03 bits per heavy atom. The van der Waals surface area contributed by atoms with Crippen molar-refractivity contribution in [1.29, 1.82) is 0 Å². The first kappa shape index (κ1) is 28.8. The molecular weight excluding hydrogens is 464 g/mol. The highest BCUT2D eigenvalue weighted by atomic mass is 16.6. The second-order valence-electron chi connectivity index (χ2n) is 10.6. The van der Waals surface area contributed by atoms with Crippen LogP contribution in [0, 0.1) is 0 Å². The molecule has 0 unspecified atom stereocenters. The zero-order chi connectivity index (χ0) is 26.9. The van der Waals surface area contributed by atoms with Gasteiger partial charge in [-0.3, -0.25) is 0 Å². The fourth-order valence-electron chi connectivity index (χ4n) is 3.36. The molecule has 0 heterocycles. The number of carbonyl (C=O) groups is 2. The minimum absolute atomic E-state index is 0.180. The predicted octanol–water partition coefficient (Wildman–Crippen LogP) is 5.02. The van der Waals surface area contributed by atoms with Gasteiger partial charge in [-0.15, -0.1) is 0 Å². The minimum Gasteiger partial charge on any atom is -0.508 e. The maximum absolute atomic E-state index is 11.9. The second kappa shape index (κ2) is 12.5. The Hall–Kier alpha value is -3.42. The lowest BCUT2D eigenvalue weighted by molar-refractivity contribution is -0.148. The average molecular weight is 503 g/mol. The van der Waals surface area contributed by atoms with Crippen molar-refractivity contribution < 1.29 is 38.7 Å². The van der Waals surface area contributed by atoms with Crippen LogP contribution in [0.25, 0.3) is 0 Å². The number of aromatic hydroxyl groups is 2. The molecular formula is C28H38O8. The summed E-state index contributed by atoms with van der Waals surface area (Å²) in [5.74, 6) is 0.305. The number of benzene rings is 2. The molecule has 0 bridgehead atoms. The molecule has 0 fully saturated rings. The highest BCUT2D eigenvalue weighted by molar-refractivity contribution is 5.71. The van der Waals surface area contributed by atoms with Crippen LogP contribution < -0.4 is 9.47 Å². The van der Waals surface area contributed by atoms with E-state index in [-0.39, 0.29) is 48.8 Å². The summed E-state index contributed by atoms with van der Waals surface area (Å²) >= 11 is 0. The summed E-state index contributed by atoms with van der Waals surface area (Å²) in [6.45, 7) is 11.7. The number of phenolic OH excluding ortho intramolecular Hbond substituents is 2. The normalized spacial score (nSPS) is 11.6. The first-order chi connectivity index (χ1) is 16.8. The fourth-order valence-corrected chi connectivity index (χ4v) is 3.36. The first-order valence-corrected chi connectivity index (χ1v) is 12.0. The molecule has 0 saturated carbocycles. The zero-order valence-electron chi connectivity index (χ0n) is 22.1. The summed E-state index contributed by atoms with van der Waals surface area (Å²) in [4.78, 5) is 23.8. The smallest absolute Gasteiger partial charge is 0.344 e. The van der Waals surface area contributed by atoms with E-state index in [1.807, 2.05) is 41.5 Å². The molecule has 36 heavy (non-hydrogen) atoms. The second-order valence-corrected chi connectivity index (χ2v) is 10.6. The van der Waals surface area contributed by atoms with Gasteiger partial charge in [0.2, 0.25) is 0 Å². The van der Waals surface area contributed by atoms with Crippen molar-refractivity contribution in [2.75, 3.05) is 26.4 Å². The lowest BCUT2D eigenvalue weighted by Gasteiger charge is -2.21. The first-order valence-electron chi connectivity index (χ1n) is 12.0. The van der Waals surface area contributed by atoms with Crippen molar-refractivity contribution in [3.05, 3.63) is 47.5 Å². The van der Waals surface area contributed by atoms with Gasteiger partial charge < -0.3 is 29.2 Å². The van der Waals surface area contributed by atoms with E-state index in [4.69, 9.17) is 18.9 Å². The van der Waals surface area contributed by atoms with Crippen LogP contribution in [0.4, 0.5) is 0 Å². The average Bonchev–Trinajstić information content (AvgIpc) is 2.78. The van der Waals surface area contributed by atoms with Gasteiger partial charge in [0.1, 0.15) is 23.0 Å². The molecule has 0 aliphatic heterocycles. The van der Waals surface area contributed by atoms with Crippen LogP contribution >= 0.6 is 0 Å². The molecule has 2 aromatic rings. The Morgan fingerprint density at radius 3 is 1.36 bits per heavy atom. The van der Waals surface area contributed by atoms with E-state index in [2.05, 4.69) is 0 Å². The van der Waals surface area contributed by atoms with Gasteiger partial charge in [0.25, 0.3) is 0 Å². The maximum atomic E-state index is 11.9. The van der Waals surface area contributed by atoms with Gasteiger partial charge in [-0.25, -0.2) is 9.59 Å². The summed E-state index contributed by atoms with van der Waals surface area (Å²) in [6, 6.07) is 9.71. The number of carbonyl (C=O) groups excluding carboxylic acids is 2. The topological polar surface area (TPSA) is 112 Å². The van der Waals surface area contributed by atoms with Crippen molar-refractivity contribution in [2.24, 2.45) is 0 Å². The van der Waals surface area contributed by atoms with Gasteiger partial charge >= 0.3 is 11.9 Å². The van der Waals surface area contributed by atoms with E-state index in [9.17, 15) is 19.8 Å².